The highest BCUT2D eigenvalue weighted by molar-refractivity contribution is 7.98. The molecule has 0 radical (unpaired) electrons. The number of rotatable bonds is 5. The highest BCUT2D eigenvalue weighted by atomic mass is 32.2. The number of fused-ring (bicyclic) bond motifs is 1. The van der Waals surface area contributed by atoms with Crippen LogP contribution in [0.3, 0.4) is 0 Å². The van der Waals surface area contributed by atoms with Crippen molar-refractivity contribution in [2.24, 2.45) is 11.8 Å². The van der Waals surface area contributed by atoms with Crippen molar-refractivity contribution in [1.29, 1.82) is 5.26 Å². The maximum absolute atomic E-state index is 13.2. The van der Waals surface area contributed by atoms with Gasteiger partial charge in [0.2, 0.25) is 11.9 Å². The number of benzene rings is 1. The number of carbonyl (C=O) groups excluding carboxylic acids is 2. The van der Waals surface area contributed by atoms with Crippen molar-refractivity contribution < 1.29 is 14.3 Å². The van der Waals surface area contributed by atoms with Crippen LogP contribution in [0.4, 0.5) is 11.8 Å². The maximum Gasteiger partial charge on any atom is 0.309 e. The van der Waals surface area contributed by atoms with Gasteiger partial charge in [-0.05, 0) is 43.7 Å². The fourth-order valence-corrected chi connectivity index (χ4v) is 4.82. The van der Waals surface area contributed by atoms with Crippen LogP contribution in [-0.2, 0) is 14.3 Å². The van der Waals surface area contributed by atoms with Crippen LogP contribution in [0, 0.1) is 23.2 Å². The molecule has 1 saturated heterocycles. The van der Waals surface area contributed by atoms with Gasteiger partial charge in [0.15, 0.2) is 0 Å². The van der Waals surface area contributed by atoms with Crippen LogP contribution in [0.1, 0.15) is 36.8 Å². The average Bonchev–Trinajstić information content (AvgIpc) is 2.83. The number of hydrogen-bond donors (Lipinski definition) is 2. The number of amides is 1. The summed E-state index contributed by atoms with van der Waals surface area (Å²) in [5.41, 5.74) is 0.607. The molecule has 2 N–H and O–H groups in total. The first kappa shape index (κ1) is 22.9. The van der Waals surface area contributed by atoms with Crippen LogP contribution in [0.15, 0.2) is 34.0 Å². The number of nitrogens with one attached hydrogen (secondary N) is 2. The molecular weight excluding hydrogens is 442 g/mol. The molecule has 3 heterocycles. The van der Waals surface area contributed by atoms with Crippen molar-refractivity contribution in [3.63, 3.8) is 0 Å². The Morgan fingerprint density at radius 1 is 1.27 bits per heavy atom. The summed E-state index contributed by atoms with van der Waals surface area (Å²) in [5, 5.41) is 12.3. The average molecular weight is 468 g/mol. The molecule has 2 aliphatic rings. The van der Waals surface area contributed by atoms with Crippen molar-refractivity contribution >= 4 is 35.4 Å². The highest BCUT2D eigenvalue weighted by Gasteiger charge is 2.40. The normalized spacial score (nSPS) is 20.5. The molecular formula is C23H25N5O4S. The molecule has 2 aliphatic heterocycles. The van der Waals surface area contributed by atoms with E-state index in [2.05, 4.69) is 21.4 Å². The van der Waals surface area contributed by atoms with E-state index in [1.165, 1.54) is 0 Å². The SMILES string of the molecule is CCOC(=O)C1CCN(c2nc3c(c(=O)[nH]2)C(c2ccc(SC)cc2)C(C#N)C(=O)N3)CC1. The number of esters is 1. The minimum atomic E-state index is -1.04. The third-order valence-corrected chi connectivity index (χ3v) is 6.88. The van der Waals surface area contributed by atoms with Gasteiger partial charge in [0, 0.05) is 23.9 Å². The first-order valence-electron chi connectivity index (χ1n) is 10.9. The van der Waals surface area contributed by atoms with E-state index in [-0.39, 0.29) is 28.8 Å². The number of H-pyrrole nitrogens is 1. The van der Waals surface area contributed by atoms with Gasteiger partial charge in [-0.25, -0.2) is 0 Å². The zero-order valence-corrected chi connectivity index (χ0v) is 19.3. The van der Waals surface area contributed by atoms with Crippen LogP contribution in [0.5, 0.6) is 0 Å². The number of nitrogens with zero attached hydrogens (tertiary/aromatic N) is 3. The summed E-state index contributed by atoms with van der Waals surface area (Å²) >= 11 is 1.58. The van der Waals surface area contributed by atoms with Crippen molar-refractivity contribution in [3.05, 3.63) is 45.7 Å². The summed E-state index contributed by atoms with van der Waals surface area (Å²) in [7, 11) is 0. The summed E-state index contributed by atoms with van der Waals surface area (Å²) in [6.45, 7) is 3.19. The molecule has 2 unspecified atom stereocenters. The molecule has 2 atom stereocenters. The third-order valence-electron chi connectivity index (χ3n) is 6.14. The van der Waals surface area contributed by atoms with Crippen LogP contribution < -0.4 is 15.8 Å². The van der Waals surface area contributed by atoms with Gasteiger partial charge in [-0.3, -0.25) is 19.4 Å². The van der Waals surface area contributed by atoms with Gasteiger partial charge in [0.05, 0.1) is 24.2 Å². The smallest absolute Gasteiger partial charge is 0.309 e. The molecule has 172 valence electrons. The molecule has 4 rings (SSSR count). The Bertz CT molecular complexity index is 1150. The predicted octanol–water partition coefficient (Wildman–Crippen LogP) is 2.50. The molecule has 1 fully saturated rings. The molecule has 0 spiro atoms. The number of anilines is 2. The van der Waals surface area contributed by atoms with E-state index < -0.39 is 17.7 Å². The second-order valence-electron chi connectivity index (χ2n) is 8.01. The minimum Gasteiger partial charge on any atom is -0.466 e. The molecule has 10 heteroatoms. The molecule has 2 aromatic rings. The Hall–Kier alpha value is -3.32. The number of ether oxygens (including phenoxy) is 1. The van der Waals surface area contributed by atoms with Crippen LogP contribution >= 0.6 is 11.8 Å². The fraction of sp³-hybridized carbons (Fsp3) is 0.435. The Labute approximate surface area is 195 Å². The van der Waals surface area contributed by atoms with Gasteiger partial charge < -0.3 is 15.0 Å². The molecule has 0 saturated carbocycles. The lowest BCUT2D eigenvalue weighted by Crippen LogP contribution is -2.41. The maximum atomic E-state index is 13.2. The fourth-order valence-electron chi connectivity index (χ4n) is 4.41. The third kappa shape index (κ3) is 4.46. The van der Waals surface area contributed by atoms with E-state index in [1.54, 1.807) is 18.7 Å². The van der Waals surface area contributed by atoms with E-state index in [4.69, 9.17) is 4.74 Å². The molecule has 0 bridgehead atoms. The first-order valence-corrected chi connectivity index (χ1v) is 12.1. The Kier molecular flexibility index (Phi) is 6.70. The zero-order valence-electron chi connectivity index (χ0n) is 18.5. The number of hydrogen-bond acceptors (Lipinski definition) is 8. The second-order valence-corrected chi connectivity index (χ2v) is 8.89. The summed E-state index contributed by atoms with van der Waals surface area (Å²) in [6, 6.07) is 9.55. The lowest BCUT2D eigenvalue weighted by atomic mass is 9.79. The lowest BCUT2D eigenvalue weighted by Gasteiger charge is -2.33. The van der Waals surface area contributed by atoms with E-state index in [9.17, 15) is 19.6 Å². The standard InChI is InChI=1S/C23H25N5O4S/c1-3-32-22(31)14-8-10-28(11-9-14)23-26-19-18(21(30)27-23)17(16(12-24)20(29)25-19)13-4-6-15(33-2)7-5-13/h4-7,14,16-17H,3,8-11H2,1-2H3,(H2,25,26,27,29,30). The van der Waals surface area contributed by atoms with Crippen molar-refractivity contribution in [2.75, 3.05) is 36.2 Å². The van der Waals surface area contributed by atoms with Gasteiger partial charge in [0.25, 0.3) is 5.56 Å². The van der Waals surface area contributed by atoms with Gasteiger partial charge in [-0.2, -0.15) is 10.2 Å². The number of nitriles is 1. The van der Waals surface area contributed by atoms with Crippen LogP contribution in [0.25, 0.3) is 0 Å². The van der Waals surface area contributed by atoms with Crippen molar-refractivity contribution in [3.8, 4) is 6.07 Å². The van der Waals surface area contributed by atoms with E-state index in [1.807, 2.05) is 35.4 Å². The number of thioether (sulfide) groups is 1. The molecule has 9 nitrogen and oxygen atoms in total. The summed E-state index contributed by atoms with van der Waals surface area (Å²) < 4.78 is 5.11. The second kappa shape index (κ2) is 9.67. The van der Waals surface area contributed by atoms with E-state index in [0.717, 1.165) is 4.90 Å². The number of piperidine rings is 1. The van der Waals surface area contributed by atoms with E-state index >= 15 is 0 Å². The summed E-state index contributed by atoms with van der Waals surface area (Å²) in [4.78, 5) is 48.2. The first-order chi connectivity index (χ1) is 16.0. The highest BCUT2D eigenvalue weighted by Crippen LogP contribution is 2.38. The Morgan fingerprint density at radius 2 is 1.97 bits per heavy atom. The largest absolute Gasteiger partial charge is 0.466 e. The Morgan fingerprint density at radius 3 is 2.58 bits per heavy atom. The van der Waals surface area contributed by atoms with Crippen molar-refractivity contribution in [1.82, 2.24) is 9.97 Å². The van der Waals surface area contributed by atoms with Crippen molar-refractivity contribution in [2.45, 2.75) is 30.6 Å². The molecule has 1 amide bonds. The monoisotopic (exact) mass is 467 g/mol. The Balaban J connectivity index is 1.65. The topological polar surface area (TPSA) is 128 Å². The summed E-state index contributed by atoms with van der Waals surface area (Å²) in [5.74, 6) is -2.08. The summed E-state index contributed by atoms with van der Waals surface area (Å²) in [6.07, 6.45) is 3.14. The number of aromatic amines is 1. The molecule has 1 aromatic carbocycles. The van der Waals surface area contributed by atoms with Crippen LogP contribution in [-0.4, -0.2) is 47.8 Å². The zero-order chi connectivity index (χ0) is 23.5. The lowest BCUT2D eigenvalue weighted by molar-refractivity contribution is -0.148. The van der Waals surface area contributed by atoms with Gasteiger partial charge in [0.1, 0.15) is 11.7 Å². The molecule has 33 heavy (non-hydrogen) atoms. The van der Waals surface area contributed by atoms with E-state index in [0.29, 0.717) is 44.0 Å². The van der Waals surface area contributed by atoms with Gasteiger partial charge >= 0.3 is 5.97 Å². The molecule has 0 aliphatic carbocycles. The van der Waals surface area contributed by atoms with Gasteiger partial charge in [-0.15, -0.1) is 11.8 Å². The quantitative estimate of drug-likeness (QED) is 0.507. The minimum absolute atomic E-state index is 0.171. The molecule has 1 aromatic heterocycles. The predicted molar refractivity (Wildman–Crippen MR) is 124 cm³/mol. The number of carbonyl (C=O) groups is 2. The number of aromatic nitrogens is 2. The van der Waals surface area contributed by atoms with Gasteiger partial charge in [-0.1, -0.05) is 12.1 Å². The van der Waals surface area contributed by atoms with Crippen LogP contribution in [0.2, 0.25) is 0 Å².